The van der Waals surface area contributed by atoms with E-state index in [1.54, 1.807) is 34.6 Å². The zero-order valence-electron chi connectivity index (χ0n) is 29.1. The summed E-state index contributed by atoms with van der Waals surface area (Å²) in [6.45, 7) is 6.65. The Kier molecular flexibility index (Phi) is 8.82. The zero-order valence-corrected chi connectivity index (χ0v) is 29.9. The van der Waals surface area contributed by atoms with E-state index in [9.17, 15) is 14.0 Å². The molecule has 5 aromatic rings. The zero-order chi connectivity index (χ0) is 36.0. The second kappa shape index (κ2) is 13.6. The average molecular weight is 723 g/mol. The minimum atomic E-state index is -0.660. The Bertz CT molecular complexity index is 2250. The van der Waals surface area contributed by atoms with Gasteiger partial charge in [0.25, 0.3) is 0 Å². The molecule has 1 saturated heterocycles. The van der Waals surface area contributed by atoms with Crippen LogP contribution in [0.5, 0.6) is 5.75 Å². The summed E-state index contributed by atoms with van der Waals surface area (Å²) < 4.78 is 32.2. The maximum absolute atomic E-state index is 13.8. The number of dihydropyridines is 1. The minimum absolute atomic E-state index is 0.0571. The molecule has 3 aliphatic heterocycles. The van der Waals surface area contributed by atoms with E-state index < -0.39 is 17.3 Å². The Morgan fingerprint density at radius 3 is 2.75 bits per heavy atom. The lowest BCUT2D eigenvalue weighted by Gasteiger charge is -2.34. The van der Waals surface area contributed by atoms with E-state index in [0.29, 0.717) is 31.6 Å². The number of hydrogen-bond donors (Lipinski definition) is 3. The Hall–Kier alpha value is -5.43. The van der Waals surface area contributed by atoms with Crippen LogP contribution in [-0.2, 0) is 11.2 Å². The van der Waals surface area contributed by atoms with Gasteiger partial charge in [-0.25, -0.2) is 24.1 Å². The van der Waals surface area contributed by atoms with E-state index in [1.807, 2.05) is 45.0 Å². The molecule has 268 valence electrons. The molecule has 6 heterocycles. The number of halogens is 1. The second-order valence-electron chi connectivity index (χ2n) is 14.3. The molecular weight excluding hydrogens is 684 g/mol. The summed E-state index contributed by atoms with van der Waals surface area (Å²) >= 11 is 1.60. The molecule has 0 bridgehead atoms. The topological polar surface area (TPSA) is 135 Å². The number of hydrogen-bond acceptors (Lipinski definition) is 10. The van der Waals surface area contributed by atoms with Crippen LogP contribution in [0.4, 0.5) is 15.0 Å². The van der Waals surface area contributed by atoms with Gasteiger partial charge < -0.3 is 24.5 Å². The van der Waals surface area contributed by atoms with Gasteiger partial charge in [-0.3, -0.25) is 4.90 Å². The number of likely N-dealkylation sites (tertiary alicyclic amines) is 1. The number of nitrogens with zero attached hydrogens (tertiary/aromatic N) is 3. The van der Waals surface area contributed by atoms with Crippen molar-refractivity contribution < 1.29 is 23.1 Å². The number of rotatable bonds is 8. The molecule has 13 heteroatoms. The molecule has 3 N–H and O–H groups in total. The predicted molar refractivity (Wildman–Crippen MR) is 197 cm³/mol. The molecule has 3 aromatic heterocycles. The molecular formula is C39H39FN6O5S. The minimum Gasteiger partial charge on any atom is -0.491 e. The first-order chi connectivity index (χ1) is 25.1. The standard InChI is InChI=1S/C39H39FN6O5S/c1-39(2,3)51-38(48)46-18-6-8-30(46)28-20-26(33(36-44-45-37(47)50-36)27(42-28)15-12-22-10-13-24(40)14-11-22)32-19-23-16-17-41-35(34(23)52-32)43-29-21-49-31-9-5-4-7-25(29)31/h4-5,7,9-11,13-14,16-17,19-20,26,29-30,42H,6,8,12,15,18,21H2,1-3H3,(H,41,43)(H,45,47)/t26?,29-,30?/m1/s1. The van der Waals surface area contributed by atoms with Crippen molar-refractivity contribution in [3.8, 4) is 5.75 Å². The summed E-state index contributed by atoms with van der Waals surface area (Å²) in [6, 6.07) is 18.2. The smallest absolute Gasteiger partial charge is 0.434 e. The van der Waals surface area contributed by atoms with Crippen LogP contribution in [0.15, 0.2) is 93.5 Å². The van der Waals surface area contributed by atoms with Crippen molar-refractivity contribution >= 4 is 38.9 Å². The Morgan fingerprint density at radius 1 is 1.13 bits per heavy atom. The molecule has 0 spiro atoms. The number of fused-ring (bicyclic) bond motifs is 2. The average Bonchev–Trinajstić information content (AvgIpc) is 3.94. The number of H-pyrrole nitrogens is 1. The van der Waals surface area contributed by atoms with Crippen molar-refractivity contribution in [1.29, 1.82) is 0 Å². The number of para-hydroxylation sites is 1. The highest BCUT2D eigenvalue weighted by molar-refractivity contribution is 7.19. The van der Waals surface area contributed by atoms with Crippen LogP contribution < -0.4 is 21.1 Å². The monoisotopic (exact) mass is 722 g/mol. The predicted octanol–water partition coefficient (Wildman–Crippen LogP) is 7.67. The van der Waals surface area contributed by atoms with Gasteiger partial charge in [0.05, 0.1) is 16.8 Å². The number of aromatic amines is 1. The van der Waals surface area contributed by atoms with Gasteiger partial charge in [-0.1, -0.05) is 36.4 Å². The number of ether oxygens (including phenoxy) is 2. The molecule has 8 rings (SSSR count). The maximum atomic E-state index is 13.8. The fourth-order valence-electron chi connectivity index (χ4n) is 7.19. The summed E-state index contributed by atoms with van der Waals surface area (Å²) in [7, 11) is 0. The van der Waals surface area contributed by atoms with Crippen LogP contribution >= 0.6 is 11.3 Å². The number of benzene rings is 2. The van der Waals surface area contributed by atoms with E-state index in [0.717, 1.165) is 61.9 Å². The second-order valence-corrected chi connectivity index (χ2v) is 15.3. The van der Waals surface area contributed by atoms with Gasteiger partial charge in [0.1, 0.15) is 29.6 Å². The molecule has 3 atom stereocenters. The number of amides is 1. The summed E-state index contributed by atoms with van der Waals surface area (Å²) in [5.74, 6) is 0.430. The van der Waals surface area contributed by atoms with Gasteiger partial charge in [-0.2, -0.15) is 0 Å². The Labute approximate surface area is 303 Å². The molecule has 1 amide bonds. The molecule has 11 nitrogen and oxygen atoms in total. The molecule has 3 aliphatic rings. The van der Waals surface area contributed by atoms with Crippen LogP contribution in [0.1, 0.15) is 73.9 Å². The van der Waals surface area contributed by atoms with Crippen molar-refractivity contribution in [2.24, 2.45) is 0 Å². The van der Waals surface area contributed by atoms with Crippen LogP contribution in [0.2, 0.25) is 0 Å². The molecule has 0 radical (unpaired) electrons. The molecule has 0 saturated carbocycles. The van der Waals surface area contributed by atoms with Crippen LogP contribution in [-0.4, -0.2) is 51.0 Å². The number of carbonyl (C=O) groups excluding carboxylic acids is 1. The Morgan fingerprint density at radius 2 is 1.96 bits per heavy atom. The number of carbonyl (C=O) groups is 1. The lowest BCUT2D eigenvalue weighted by molar-refractivity contribution is 0.0245. The third-order valence-corrected chi connectivity index (χ3v) is 10.8. The largest absolute Gasteiger partial charge is 0.491 e. The number of anilines is 1. The van der Waals surface area contributed by atoms with Gasteiger partial charge in [-0.15, -0.1) is 16.4 Å². The summed E-state index contributed by atoms with van der Waals surface area (Å²) in [4.78, 5) is 33.4. The Balaban J connectivity index is 1.21. The summed E-state index contributed by atoms with van der Waals surface area (Å²) in [6.07, 6.45) is 6.20. The molecule has 0 aliphatic carbocycles. The lowest BCUT2D eigenvalue weighted by atomic mass is 9.87. The van der Waals surface area contributed by atoms with Crippen molar-refractivity contribution in [2.75, 3.05) is 18.5 Å². The maximum Gasteiger partial charge on any atom is 0.434 e. The first kappa shape index (κ1) is 33.7. The molecule has 2 aromatic carbocycles. The van der Waals surface area contributed by atoms with Crippen molar-refractivity contribution in [1.82, 2.24) is 25.4 Å². The number of aryl methyl sites for hydroxylation is 1. The molecule has 1 fully saturated rings. The number of thiophene rings is 1. The first-order valence-electron chi connectivity index (χ1n) is 17.5. The van der Waals surface area contributed by atoms with Crippen LogP contribution in [0.3, 0.4) is 0 Å². The van der Waals surface area contributed by atoms with E-state index in [1.165, 1.54) is 12.1 Å². The fraction of sp³-hybridized carbons (Fsp3) is 0.333. The van der Waals surface area contributed by atoms with E-state index in [-0.39, 0.29) is 29.9 Å². The molecule has 52 heavy (non-hydrogen) atoms. The van der Waals surface area contributed by atoms with Crippen LogP contribution in [0.25, 0.3) is 15.7 Å². The highest BCUT2D eigenvalue weighted by Gasteiger charge is 2.39. The van der Waals surface area contributed by atoms with E-state index in [4.69, 9.17) is 18.9 Å². The van der Waals surface area contributed by atoms with Crippen LogP contribution in [0, 0.1) is 5.82 Å². The van der Waals surface area contributed by atoms with Gasteiger partial charge in [0.15, 0.2) is 0 Å². The number of aromatic nitrogens is 3. The SMILES string of the molecule is CC(C)(C)OC(=O)N1CCCC1C1=CC(c2cc3ccnc(N[C@@H]4COc5ccccc54)c3s2)C(c2n[nH]c(=O)o2)=C(CCc2ccc(F)cc2)N1. The van der Waals surface area contributed by atoms with Gasteiger partial charge >= 0.3 is 11.8 Å². The molecule has 2 unspecified atom stereocenters. The number of pyridine rings is 1. The number of allylic oxidation sites excluding steroid dienone is 3. The van der Waals surface area contributed by atoms with Gasteiger partial charge in [0, 0.05) is 46.1 Å². The highest BCUT2D eigenvalue weighted by Crippen LogP contribution is 2.46. The van der Waals surface area contributed by atoms with Crippen molar-refractivity contribution in [3.63, 3.8) is 0 Å². The lowest BCUT2D eigenvalue weighted by Crippen LogP contribution is -2.43. The van der Waals surface area contributed by atoms with Gasteiger partial charge in [0.2, 0.25) is 5.89 Å². The normalized spacial score (nSPS) is 20.0. The summed E-state index contributed by atoms with van der Waals surface area (Å²) in [5, 5.41) is 15.0. The van der Waals surface area contributed by atoms with Gasteiger partial charge in [-0.05, 0) is 87.7 Å². The summed E-state index contributed by atoms with van der Waals surface area (Å²) in [5.41, 5.74) is 3.75. The highest BCUT2D eigenvalue weighted by atomic mass is 32.1. The van der Waals surface area contributed by atoms with E-state index in [2.05, 4.69) is 39.0 Å². The van der Waals surface area contributed by atoms with Crippen molar-refractivity contribution in [3.05, 3.63) is 123 Å². The van der Waals surface area contributed by atoms with Crippen molar-refractivity contribution in [2.45, 2.75) is 70.1 Å². The first-order valence-corrected chi connectivity index (χ1v) is 18.3. The third-order valence-electron chi connectivity index (χ3n) is 9.53. The number of nitrogens with one attached hydrogen (secondary N) is 3. The third kappa shape index (κ3) is 6.80. The quantitative estimate of drug-likeness (QED) is 0.148. The fourth-order valence-corrected chi connectivity index (χ4v) is 8.38. The van der Waals surface area contributed by atoms with E-state index >= 15 is 0 Å².